The third kappa shape index (κ3) is 1.39. The van der Waals surface area contributed by atoms with Gasteiger partial charge in [0.15, 0.2) is 0 Å². The predicted octanol–water partition coefficient (Wildman–Crippen LogP) is 1.35. The lowest BCUT2D eigenvalue weighted by Crippen LogP contribution is -1.89. The molecular weight excluding hydrogens is 224 g/mol. The van der Waals surface area contributed by atoms with Gasteiger partial charge in [-0.3, -0.25) is 0 Å². The molecule has 3 aromatic rings. The zero-order valence-electron chi connectivity index (χ0n) is 8.24. The van der Waals surface area contributed by atoms with Gasteiger partial charge in [0.1, 0.15) is 11.3 Å². The van der Waals surface area contributed by atoms with Crippen molar-refractivity contribution in [1.29, 1.82) is 0 Å². The molecule has 0 aliphatic heterocycles. The maximum absolute atomic E-state index is 9.25. The Morgan fingerprint density at radius 3 is 3.00 bits per heavy atom. The number of fused-ring (bicyclic) bond motifs is 1. The number of nitrogens with zero attached hydrogens (tertiary/aromatic N) is 4. The van der Waals surface area contributed by atoms with Crippen LogP contribution in [0.15, 0.2) is 30.6 Å². The van der Waals surface area contributed by atoms with E-state index in [9.17, 15) is 5.11 Å². The highest BCUT2D eigenvalue weighted by Gasteiger charge is 2.10. The Kier molecular flexibility index (Phi) is 2.16. The van der Waals surface area contributed by atoms with Crippen LogP contribution in [-0.2, 0) is 6.61 Å². The molecule has 0 saturated carbocycles. The molecule has 16 heavy (non-hydrogen) atoms. The first-order chi connectivity index (χ1) is 7.88. The monoisotopic (exact) mass is 232 g/mol. The van der Waals surface area contributed by atoms with Gasteiger partial charge in [-0.1, -0.05) is 35.6 Å². The highest BCUT2D eigenvalue weighted by atomic mass is 32.1. The largest absolute Gasteiger partial charge is 0.392 e. The van der Waals surface area contributed by atoms with Crippen LogP contribution in [0.5, 0.6) is 0 Å². The average molecular weight is 232 g/mol. The second kappa shape index (κ2) is 3.66. The number of rotatable bonds is 2. The molecule has 0 bridgehead atoms. The molecule has 0 spiro atoms. The van der Waals surface area contributed by atoms with Gasteiger partial charge in [-0.05, 0) is 5.56 Å². The molecule has 0 atom stereocenters. The molecule has 0 aliphatic carbocycles. The first kappa shape index (κ1) is 9.44. The summed E-state index contributed by atoms with van der Waals surface area (Å²) in [5.74, 6) is 0. The number of aromatic nitrogens is 4. The zero-order chi connectivity index (χ0) is 11.0. The second-order valence-corrected chi connectivity index (χ2v) is 4.24. The van der Waals surface area contributed by atoms with Crippen LogP contribution in [-0.4, -0.2) is 24.9 Å². The minimum absolute atomic E-state index is 0.0102. The van der Waals surface area contributed by atoms with E-state index >= 15 is 0 Å². The van der Waals surface area contributed by atoms with Crippen molar-refractivity contribution in [3.8, 4) is 10.6 Å². The summed E-state index contributed by atoms with van der Waals surface area (Å²) in [5, 5.41) is 22.1. The molecule has 0 saturated heterocycles. The molecule has 0 unspecified atom stereocenters. The van der Waals surface area contributed by atoms with Gasteiger partial charge in [-0.2, -0.15) is 9.61 Å². The van der Waals surface area contributed by atoms with Gasteiger partial charge < -0.3 is 5.11 Å². The Bertz CT molecular complexity index is 602. The van der Waals surface area contributed by atoms with Gasteiger partial charge in [-0.25, -0.2) is 0 Å². The fourth-order valence-corrected chi connectivity index (χ4v) is 2.42. The summed E-state index contributed by atoms with van der Waals surface area (Å²) in [6.45, 7) is 0.0102. The molecule has 2 heterocycles. The first-order valence-corrected chi connectivity index (χ1v) is 5.56. The van der Waals surface area contributed by atoms with Crippen molar-refractivity contribution < 1.29 is 5.11 Å². The van der Waals surface area contributed by atoms with Crippen molar-refractivity contribution >= 4 is 16.3 Å². The standard InChI is InChI=1S/C10H8N4OS/c15-5-7-3-1-2-4-8(7)9-13-14-6-11-12-10(14)16-9/h1-4,6,15H,5H2. The van der Waals surface area contributed by atoms with Crippen LogP contribution in [0.3, 0.4) is 0 Å². The second-order valence-electron chi connectivity index (χ2n) is 3.28. The van der Waals surface area contributed by atoms with E-state index in [1.54, 1.807) is 10.8 Å². The summed E-state index contributed by atoms with van der Waals surface area (Å²) in [5.41, 5.74) is 1.81. The highest BCUT2D eigenvalue weighted by molar-refractivity contribution is 7.19. The van der Waals surface area contributed by atoms with Gasteiger partial charge in [0.2, 0.25) is 4.96 Å². The zero-order valence-corrected chi connectivity index (χ0v) is 9.05. The average Bonchev–Trinajstić information content (AvgIpc) is 2.89. The molecular formula is C10H8N4OS. The van der Waals surface area contributed by atoms with Gasteiger partial charge in [-0.15, -0.1) is 10.2 Å². The van der Waals surface area contributed by atoms with Crippen molar-refractivity contribution in [3.63, 3.8) is 0 Å². The summed E-state index contributed by atoms with van der Waals surface area (Å²) < 4.78 is 1.63. The molecule has 1 aromatic carbocycles. The lowest BCUT2D eigenvalue weighted by atomic mass is 10.1. The van der Waals surface area contributed by atoms with Crippen molar-refractivity contribution in [2.45, 2.75) is 6.61 Å². The Morgan fingerprint density at radius 2 is 2.19 bits per heavy atom. The van der Waals surface area contributed by atoms with Crippen molar-refractivity contribution in [2.75, 3.05) is 0 Å². The van der Waals surface area contributed by atoms with Crippen molar-refractivity contribution in [3.05, 3.63) is 36.2 Å². The number of aliphatic hydroxyl groups is 1. The molecule has 0 amide bonds. The van der Waals surface area contributed by atoms with Crippen LogP contribution in [0, 0.1) is 0 Å². The fourth-order valence-electron chi connectivity index (χ4n) is 1.54. The maximum atomic E-state index is 9.25. The third-order valence-corrected chi connectivity index (χ3v) is 3.25. The van der Waals surface area contributed by atoms with E-state index in [0.717, 1.165) is 21.1 Å². The molecule has 3 rings (SSSR count). The fraction of sp³-hybridized carbons (Fsp3) is 0.100. The quantitative estimate of drug-likeness (QED) is 0.724. The molecule has 0 radical (unpaired) electrons. The number of hydrogen-bond donors (Lipinski definition) is 1. The van der Waals surface area contributed by atoms with Crippen LogP contribution in [0.4, 0.5) is 0 Å². The summed E-state index contributed by atoms with van der Waals surface area (Å²) in [6.07, 6.45) is 1.57. The van der Waals surface area contributed by atoms with E-state index < -0.39 is 0 Å². The van der Waals surface area contributed by atoms with E-state index in [-0.39, 0.29) is 6.61 Å². The third-order valence-electron chi connectivity index (χ3n) is 2.30. The minimum atomic E-state index is 0.0102. The summed E-state index contributed by atoms with van der Waals surface area (Å²) in [4.78, 5) is 0.753. The predicted molar refractivity (Wildman–Crippen MR) is 60.0 cm³/mol. The molecule has 0 aliphatic rings. The topological polar surface area (TPSA) is 63.3 Å². The van der Waals surface area contributed by atoms with Crippen LogP contribution in [0.1, 0.15) is 5.56 Å². The minimum Gasteiger partial charge on any atom is -0.392 e. The summed E-state index contributed by atoms with van der Waals surface area (Å²) >= 11 is 1.45. The van der Waals surface area contributed by atoms with Gasteiger partial charge in [0.25, 0.3) is 0 Å². The van der Waals surface area contributed by atoms with E-state index in [4.69, 9.17) is 0 Å². The molecule has 80 valence electrons. The van der Waals surface area contributed by atoms with E-state index in [1.807, 2.05) is 24.3 Å². The molecule has 6 heteroatoms. The normalized spacial score (nSPS) is 11.1. The first-order valence-electron chi connectivity index (χ1n) is 4.74. The van der Waals surface area contributed by atoms with E-state index in [2.05, 4.69) is 15.3 Å². The highest BCUT2D eigenvalue weighted by Crippen LogP contribution is 2.27. The molecule has 5 nitrogen and oxygen atoms in total. The van der Waals surface area contributed by atoms with Gasteiger partial charge in [0.05, 0.1) is 6.61 Å². The van der Waals surface area contributed by atoms with Crippen molar-refractivity contribution in [2.24, 2.45) is 0 Å². The molecule has 0 fully saturated rings. The Hall–Kier alpha value is -1.79. The SMILES string of the molecule is OCc1ccccc1-c1nn2cnnc2s1. The molecule has 2 aromatic heterocycles. The summed E-state index contributed by atoms with van der Waals surface area (Å²) in [6, 6.07) is 7.65. The molecule has 1 N–H and O–H groups in total. The smallest absolute Gasteiger partial charge is 0.234 e. The van der Waals surface area contributed by atoms with Crippen molar-refractivity contribution in [1.82, 2.24) is 19.8 Å². The van der Waals surface area contributed by atoms with E-state index in [1.165, 1.54) is 11.3 Å². The maximum Gasteiger partial charge on any atom is 0.234 e. The Labute approximate surface area is 95.0 Å². The van der Waals surface area contributed by atoms with Crippen LogP contribution in [0.25, 0.3) is 15.5 Å². The van der Waals surface area contributed by atoms with Crippen LogP contribution >= 0.6 is 11.3 Å². The Balaban J connectivity index is 2.18. The Morgan fingerprint density at radius 1 is 1.31 bits per heavy atom. The van der Waals surface area contributed by atoms with E-state index in [0.29, 0.717) is 0 Å². The van der Waals surface area contributed by atoms with Crippen LogP contribution in [0.2, 0.25) is 0 Å². The summed E-state index contributed by atoms with van der Waals surface area (Å²) in [7, 11) is 0. The number of hydrogen-bond acceptors (Lipinski definition) is 5. The lowest BCUT2D eigenvalue weighted by Gasteiger charge is -2.01. The van der Waals surface area contributed by atoms with Crippen LogP contribution < -0.4 is 0 Å². The van der Waals surface area contributed by atoms with Gasteiger partial charge in [0, 0.05) is 5.56 Å². The lowest BCUT2D eigenvalue weighted by molar-refractivity contribution is 0.282. The number of aliphatic hydroxyl groups excluding tert-OH is 1. The van der Waals surface area contributed by atoms with Gasteiger partial charge >= 0.3 is 0 Å². The number of benzene rings is 1.